The monoisotopic (exact) mass is 418 g/mol. The van der Waals surface area contributed by atoms with Crippen molar-refractivity contribution in [2.75, 3.05) is 31.7 Å². The Morgan fingerprint density at radius 3 is 2.71 bits per heavy atom. The SMILES string of the molecule is CCCOc1ccc2ccccc2c1CN(C)C(=O)CN1C(=O)COc2ccccc21. The molecule has 1 heterocycles. The summed E-state index contributed by atoms with van der Waals surface area (Å²) in [6, 6.07) is 19.3. The molecular weight excluding hydrogens is 392 g/mol. The maximum absolute atomic E-state index is 13.1. The molecule has 0 unspecified atom stereocenters. The number of ether oxygens (including phenoxy) is 2. The lowest BCUT2D eigenvalue weighted by Gasteiger charge is -2.30. The van der Waals surface area contributed by atoms with E-state index in [2.05, 4.69) is 6.92 Å². The second-order valence-electron chi connectivity index (χ2n) is 7.60. The van der Waals surface area contributed by atoms with Crippen LogP contribution in [0, 0.1) is 0 Å². The predicted molar refractivity (Wildman–Crippen MR) is 120 cm³/mol. The summed E-state index contributed by atoms with van der Waals surface area (Å²) in [5.41, 5.74) is 1.59. The van der Waals surface area contributed by atoms with E-state index < -0.39 is 0 Å². The lowest BCUT2D eigenvalue weighted by Crippen LogP contribution is -2.45. The summed E-state index contributed by atoms with van der Waals surface area (Å²) in [4.78, 5) is 28.7. The molecule has 3 aromatic carbocycles. The zero-order valence-electron chi connectivity index (χ0n) is 17.8. The van der Waals surface area contributed by atoms with Crippen molar-refractivity contribution < 1.29 is 19.1 Å². The van der Waals surface area contributed by atoms with Crippen LogP contribution in [0.15, 0.2) is 60.7 Å². The molecule has 0 radical (unpaired) electrons. The molecule has 31 heavy (non-hydrogen) atoms. The molecule has 0 bridgehead atoms. The van der Waals surface area contributed by atoms with Crippen LogP contribution in [0.1, 0.15) is 18.9 Å². The molecule has 0 atom stereocenters. The highest BCUT2D eigenvalue weighted by Crippen LogP contribution is 2.32. The van der Waals surface area contributed by atoms with Crippen LogP contribution in [0.2, 0.25) is 0 Å². The van der Waals surface area contributed by atoms with Crippen molar-refractivity contribution in [3.63, 3.8) is 0 Å². The third kappa shape index (κ3) is 4.33. The van der Waals surface area contributed by atoms with E-state index in [1.54, 1.807) is 24.1 Å². The lowest BCUT2D eigenvalue weighted by molar-refractivity contribution is -0.131. The smallest absolute Gasteiger partial charge is 0.265 e. The number of carbonyl (C=O) groups is 2. The molecule has 6 nitrogen and oxygen atoms in total. The molecule has 1 aliphatic heterocycles. The van der Waals surface area contributed by atoms with Gasteiger partial charge in [-0.3, -0.25) is 14.5 Å². The quantitative estimate of drug-likeness (QED) is 0.582. The van der Waals surface area contributed by atoms with Gasteiger partial charge < -0.3 is 14.4 Å². The van der Waals surface area contributed by atoms with Crippen LogP contribution in [-0.4, -0.2) is 43.5 Å². The number of nitrogens with zero attached hydrogens (tertiary/aromatic N) is 2. The van der Waals surface area contributed by atoms with E-state index in [0.717, 1.165) is 28.5 Å². The van der Waals surface area contributed by atoms with Crippen molar-refractivity contribution in [2.24, 2.45) is 0 Å². The molecule has 160 valence electrons. The van der Waals surface area contributed by atoms with Crippen LogP contribution in [0.3, 0.4) is 0 Å². The summed E-state index contributed by atoms with van der Waals surface area (Å²) < 4.78 is 11.4. The average Bonchev–Trinajstić information content (AvgIpc) is 2.80. The normalized spacial score (nSPS) is 13.0. The lowest BCUT2D eigenvalue weighted by atomic mass is 10.0. The molecule has 1 aliphatic rings. The van der Waals surface area contributed by atoms with Gasteiger partial charge in [0, 0.05) is 19.2 Å². The summed E-state index contributed by atoms with van der Waals surface area (Å²) in [5, 5.41) is 2.16. The highest BCUT2D eigenvalue weighted by molar-refractivity contribution is 6.02. The van der Waals surface area contributed by atoms with Gasteiger partial charge in [0.05, 0.1) is 12.3 Å². The second-order valence-corrected chi connectivity index (χ2v) is 7.60. The Labute approximate surface area is 182 Å². The number of carbonyl (C=O) groups excluding carboxylic acids is 2. The number of anilines is 1. The molecule has 3 aromatic rings. The van der Waals surface area contributed by atoms with Crippen molar-refractivity contribution >= 4 is 28.3 Å². The zero-order chi connectivity index (χ0) is 21.8. The number of hydrogen-bond donors (Lipinski definition) is 0. The molecule has 0 N–H and O–H groups in total. The third-order valence-corrected chi connectivity index (χ3v) is 5.38. The van der Waals surface area contributed by atoms with Crippen molar-refractivity contribution in [1.29, 1.82) is 0 Å². The first-order valence-corrected chi connectivity index (χ1v) is 10.5. The van der Waals surface area contributed by atoms with Gasteiger partial charge in [0.15, 0.2) is 6.61 Å². The predicted octanol–water partition coefficient (Wildman–Crippen LogP) is 4.01. The highest BCUT2D eigenvalue weighted by atomic mass is 16.5. The van der Waals surface area contributed by atoms with Crippen molar-refractivity contribution in [2.45, 2.75) is 19.9 Å². The molecule has 0 saturated heterocycles. The minimum atomic E-state index is -0.224. The maximum Gasteiger partial charge on any atom is 0.265 e. The maximum atomic E-state index is 13.1. The average molecular weight is 418 g/mol. The van der Waals surface area contributed by atoms with E-state index >= 15 is 0 Å². The topological polar surface area (TPSA) is 59.1 Å². The number of benzene rings is 3. The summed E-state index contributed by atoms with van der Waals surface area (Å²) in [6.07, 6.45) is 0.902. The van der Waals surface area contributed by atoms with E-state index in [9.17, 15) is 9.59 Å². The minimum Gasteiger partial charge on any atom is -0.493 e. The fraction of sp³-hybridized carbons (Fsp3) is 0.280. The van der Waals surface area contributed by atoms with E-state index in [0.29, 0.717) is 24.6 Å². The summed E-state index contributed by atoms with van der Waals surface area (Å²) in [5.74, 6) is 1.02. The van der Waals surface area contributed by atoms with Crippen LogP contribution in [-0.2, 0) is 16.1 Å². The first-order valence-electron chi connectivity index (χ1n) is 10.5. The van der Waals surface area contributed by atoms with Gasteiger partial charge in [0.2, 0.25) is 5.91 Å². The van der Waals surface area contributed by atoms with Gasteiger partial charge in [0.1, 0.15) is 18.0 Å². The molecule has 0 aromatic heterocycles. The Bertz CT molecular complexity index is 1110. The zero-order valence-corrected chi connectivity index (χ0v) is 17.8. The van der Waals surface area contributed by atoms with Gasteiger partial charge >= 0.3 is 0 Å². The van der Waals surface area contributed by atoms with Gasteiger partial charge in [-0.2, -0.15) is 0 Å². The third-order valence-electron chi connectivity index (χ3n) is 5.38. The number of fused-ring (bicyclic) bond motifs is 2. The van der Waals surface area contributed by atoms with Gasteiger partial charge in [-0.25, -0.2) is 0 Å². The fourth-order valence-electron chi connectivity index (χ4n) is 3.73. The Kier molecular flexibility index (Phi) is 6.07. The van der Waals surface area contributed by atoms with E-state index in [1.807, 2.05) is 48.5 Å². The molecule has 6 heteroatoms. The Balaban J connectivity index is 1.57. The minimum absolute atomic E-state index is 0.0361. The van der Waals surface area contributed by atoms with E-state index in [1.165, 1.54) is 4.90 Å². The summed E-state index contributed by atoms with van der Waals surface area (Å²) in [7, 11) is 1.75. The molecule has 0 saturated carbocycles. The first kappa shape index (κ1) is 20.7. The van der Waals surface area contributed by atoms with Gasteiger partial charge in [-0.05, 0) is 35.4 Å². The van der Waals surface area contributed by atoms with Gasteiger partial charge in [-0.15, -0.1) is 0 Å². The highest BCUT2D eigenvalue weighted by Gasteiger charge is 2.28. The number of para-hydroxylation sites is 2. The number of hydrogen-bond acceptors (Lipinski definition) is 4. The standard InChI is InChI=1S/C25H26N2O4/c1-3-14-30-22-13-12-18-8-4-5-9-19(18)20(22)15-26(2)24(28)16-27-21-10-6-7-11-23(21)31-17-25(27)29/h4-13H,3,14-17H2,1-2H3. The molecule has 0 spiro atoms. The van der Waals surface area contributed by atoms with E-state index in [-0.39, 0.29) is 25.0 Å². The van der Waals surface area contributed by atoms with Crippen molar-refractivity contribution in [1.82, 2.24) is 4.90 Å². The Morgan fingerprint density at radius 1 is 1.10 bits per heavy atom. The number of amides is 2. The molecule has 2 amide bonds. The Hall–Kier alpha value is -3.54. The van der Waals surface area contributed by atoms with Gasteiger partial charge in [0.25, 0.3) is 5.91 Å². The number of rotatable bonds is 7. The first-order chi connectivity index (χ1) is 15.1. The summed E-state index contributed by atoms with van der Waals surface area (Å²) >= 11 is 0. The van der Waals surface area contributed by atoms with Crippen LogP contribution < -0.4 is 14.4 Å². The van der Waals surface area contributed by atoms with Crippen molar-refractivity contribution in [3.05, 3.63) is 66.2 Å². The van der Waals surface area contributed by atoms with Crippen LogP contribution in [0.4, 0.5) is 5.69 Å². The van der Waals surface area contributed by atoms with Gasteiger partial charge in [-0.1, -0.05) is 49.4 Å². The fourth-order valence-corrected chi connectivity index (χ4v) is 3.73. The number of likely N-dealkylation sites (N-methyl/N-ethyl adjacent to an activating group) is 1. The van der Waals surface area contributed by atoms with Crippen LogP contribution in [0.5, 0.6) is 11.5 Å². The molecule has 0 fully saturated rings. The molecular formula is C25H26N2O4. The van der Waals surface area contributed by atoms with E-state index in [4.69, 9.17) is 9.47 Å². The Morgan fingerprint density at radius 2 is 1.87 bits per heavy atom. The molecule has 4 rings (SSSR count). The van der Waals surface area contributed by atoms with Crippen molar-refractivity contribution in [3.8, 4) is 11.5 Å². The van der Waals surface area contributed by atoms with Crippen LogP contribution in [0.25, 0.3) is 10.8 Å². The van der Waals surface area contributed by atoms with Crippen LogP contribution >= 0.6 is 0 Å². The largest absolute Gasteiger partial charge is 0.493 e. The second kappa shape index (κ2) is 9.08. The molecule has 0 aliphatic carbocycles. The summed E-state index contributed by atoms with van der Waals surface area (Å²) in [6.45, 7) is 2.97.